The normalized spacial score (nSPS) is 19.4. The molecule has 1 aliphatic rings. The Kier molecular flexibility index (Phi) is 2.78. The Morgan fingerprint density at radius 2 is 1.60 bits per heavy atom. The first kappa shape index (κ1) is 10.6. The highest BCUT2D eigenvalue weighted by molar-refractivity contribution is 6.77. The van der Waals surface area contributed by atoms with E-state index in [1.54, 1.807) is 24.3 Å². The van der Waals surface area contributed by atoms with E-state index in [9.17, 15) is 5.11 Å². The van der Waals surface area contributed by atoms with Gasteiger partial charge in [0.05, 0.1) is 0 Å². The summed E-state index contributed by atoms with van der Waals surface area (Å²) in [4.78, 5) is 7.74. The van der Waals surface area contributed by atoms with Gasteiger partial charge in [-0.25, -0.2) is 0 Å². The van der Waals surface area contributed by atoms with Crippen LogP contribution in [0.4, 0.5) is 0 Å². The van der Waals surface area contributed by atoms with Crippen molar-refractivity contribution in [3.8, 4) is 0 Å². The summed E-state index contributed by atoms with van der Waals surface area (Å²) in [7, 11) is 0. The maximum atomic E-state index is 10.4. The third-order valence-electron chi connectivity index (χ3n) is 2.21. The van der Waals surface area contributed by atoms with Gasteiger partial charge in [-0.1, -0.05) is 53.5 Å². The molecular weight excluding hydrogens is 235 g/mol. The minimum atomic E-state index is -1.58. The Bertz CT molecular complexity index is 410. The van der Waals surface area contributed by atoms with E-state index in [1.165, 1.54) is 0 Å². The summed E-state index contributed by atoms with van der Waals surface area (Å²) in [5.41, 5.74) is -1.02. The number of hydrogen-bond acceptors (Lipinski definition) is 3. The molecular formula is C10H8Cl2N2O. The lowest BCUT2D eigenvalue weighted by molar-refractivity contribution is 0.189. The molecule has 1 aliphatic heterocycles. The summed E-state index contributed by atoms with van der Waals surface area (Å²) < 4.78 is 0. The fourth-order valence-electron chi connectivity index (χ4n) is 1.39. The van der Waals surface area contributed by atoms with Crippen LogP contribution in [0.1, 0.15) is 5.56 Å². The first-order valence-electron chi connectivity index (χ1n) is 4.34. The van der Waals surface area contributed by atoms with Crippen LogP contribution in [0, 0.1) is 0 Å². The van der Waals surface area contributed by atoms with Gasteiger partial charge in [0.2, 0.25) is 0 Å². The molecule has 0 saturated carbocycles. The van der Waals surface area contributed by atoms with E-state index in [-0.39, 0.29) is 17.0 Å². The van der Waals surface area contributed by atoms with Gasteiger partial charge in [0.15, 0.2) is 5.60 Å². The number of rotatable bonds is 1. The zero-order valence-corrected chi connectivity index (χ0v) is 9.20. The van der Waals surface area contributed by atoms with E-state index in [1.807, 2.05) is 6.07 Å². The third kappa shape index (κ3) is 1.67. The van der Waals surface area contributed by atoms with E-state index in [0.717, 1.165) is 0 Å². The van der Waals surface area contributed by atoms with Crippen LogP contribution in [0.25, 0.3) is 0 Å². The molecule has 1 N–H and O–H groups in total. The molecule has 0 radical (unpaired) electrons. The van der Waals surface area contributed by atoms with Crippen LogP contribution in [0.15, 0.2) is 40.3 Å². The van der Waals surface area contributed by atoms with Crippen molar-refractivity contribution in [2.24, 2.45) is 9.98 Å². The summed E-state index contributed by atoms with van der Waals surface area (Å²) in [6, 6.07) is 8.86. The molecule has 0 fully saturated rings. The minimum absolute atomic E-state index is 0.0497. The predicted molar refractivity (Wildman–Crippen MR) is 61.8 cm³/mol. The smallest absolute Gasteiger partial charge is 0.195 e. The van der Waals surface area contributed by atoms with Crippen LogP contribution >= 0.6 is 23.2 Å². The number of aliphatic hydroxyl groups is 1. The van der Waals surface area contributed by atoms with Crippen molar-refractivity contribution in [1.29, 1.82) is 0 Å². The highest BCUT2D eigenvalue weighted by atomic mass is 35.5. The summed E-state index contributed by atoms with van der Waals surface area (Å²) in [6.07, 6.45) is 0. The monoisotopic (exact) mass is 242 g/mol. The van der Waals surface area contributed by atoms with Crippen LogP contribution in [0.2, 0.25) is 0 Å². The molecule has 0 amide bonds. The maximum Gasteiger partial charge on any atom is 0.195 e. The Labute approximate surface area is 97.1 Å². The molecule has 1 heterocycles. The summed E-state index contributed by atoms with van der Waals surface area (Å²) in [6.45, 7) is 0.160. The molecule has 78 valence electrons. The number of benzene rings is 1. The van der Waals surface area contributed by atoms with Crippen LogP contribution in [-0.2, 0) is 5.60 Å². The van der Waals surface area contributed by atoms with Crippen LogP contribution in [-0.4, -0.2) is 22.1 Å². The third-order valence-corrected chi connectivity index (χ3v) is 2.99. The lowest BCUT2D eigenvalue weighted by Crippen LogP contribution is -2.41. The van der Waals surface area contributed by atoms with Crippen LogP contribution < -0.4 is 0 Å². The number of aliphatic imine (C=N–C) groups is 2. The molecule has 1 aromatic carbocycles. The van der Waals surface area contributed by atoms with Gasteiger partial charge in [0, 0.05) is 0 Å². The van der Waals surface area contributed by atoms with E-state index < -0.39 is 5.60 Å². The second-order valence-corrected chi connectivity index (χ2v) is 3.83. The van der Waals surface area contributed by atoms with Gasteiger partial charge in [0.1, 0.15) is 17.0 Å². The standard InChI is InChI=1S/C10H8Cl2N2O/c11-8-10(15,9(12)14-6-13-8)7-4-2-1-3-5-7/h1-5,15H,6H2. The average Bonchev–Trinajstić information content (AvgIpc) is 2.27. The van der Waals surface area contributed by atoms with Gasteiger partial charge in [-0.3, -0.25) is 9.98 Å². The molecule has 0 atom stereocenters. The van der Waals surface area contributed by atoms with E-state index in [2.05, 4.69) is 9.98 Å². The molecule has 3 nitrogen and oxygen atoms in total. The Hall–Kier alpha value is -0.900. The Balaban J connectivity index is 2.53. The van der Waals surface area contributed by atoms with Gasteiger partial charge < -0.3 is 5.11 Å². The first-order valence-corrected chi connectivity index (χ1v) is 5.10. The van der Waals surface area contributed by atoms with E-state index in [0.29, 0.717) is 5.56 Å². The maximum absolute atomic E-state index is 10.4. The van der Waals surface area contributed by atoms with Crippen LogP contribution in [0.3, 0.4) is 0 Å². The van der Waals surface area contributed by atoms with Crippen molar-refractivity contribution in [3.63, 3.8) is 0 Å². The number of halogens is 2. The highest BCUT2D eigenvalue weighted by Crippen LogP contribution is 2.30. The molecule has 0 aliphatic carbocycles. The lowest BCUT2D eigenvalue weighted by Gasteiger charge is -2.27. The van der Waals surface area contributed by atoms with Crippen LogP contribution in [0.5, 0.6) is 0 Å². The van der Waals surface area contributed by atoms with Gasteiger partial charge in [-0.2, -0.15) is 0 Å². The van der Waals surface area contributed by atoms with E-state index >= 15 is 0 Å². The van der Waals surface area contributed by atoms with Crippen molar-refractivity contribution in [3.05, 3.63) is 35.9 Å². The summed E-state index contributed by atoms with van der Waals surface area (Å²) in [5.74, 6) is 0. The van der Waals surface area contributed by atoms with E-state index in [4.69, 9.17) is 23.2 Å². The SMILES string of the molecule is OC1(c2ccccc2)C(Cl)=NCN=C1Cl. The lowest BCUT2D eigenvalue weighted by atomic mass is 9.95. The van der Waals surface area contributed by atoms with Gasteiger partial charge in [-0.15, -0.1) is 0 Å². The first-order chi connectivity index (χ1) is 7.15. The van der Waals surface area contributed by atoms with Crippen molar-refractivity contribution < 1.29 is 5.11 Å². The molecule has 0 bridgehead atoms. The molecule has 2 rings (SSSR count). The van der Waals surface area contributed by atoms with Gasteiger partial charge in [0.25, 0.3) is 0 Å². The average molecular weight is 243 g/mol. The summed E-state index contributed by atoms with van der Waals surface area (Å²) in [5, 5.41) is 10.5. The molecule has 0 spiro atoms. The molecule has 0 unspecified atom stereocenters. The molecule has 15 heavy (non-hydrogen) atoms. The zero-order chi connectivity index (χ0) is 10.9. The minimum Gasteiger partial charge on any atom is -0.372 e. The van der Waals surface area contributed by atoms with Gasteiger partial charge in [-0.05, 0) is 5.56 Å². The fraction of sp³-hybridized carbons (Fsp3) is 0.200. The van der Waals surface area contributed by atoms with Crippen molar-refractivity contribution in [2.75, 3.05) is 6.67 Å². The Morgan fingerprint density at radius 3 is 2.13 bits per heavy atom. The molecule has 5 heteroatoms. The molecule has 0 aromatic heterocycles. The second-order valence-electron chi connectivity index (χ2n) is 3.12. The molecule has 1 aromatic rings. The number of hydrogen-bond donors (Lipinski definition) is 1. The highest BCUT2D eigenvalue weighted by Gasteiger charge is 2.41. The van der Waals surface area contributed by atoms with Gasteiger partial charge >= 0.3 is 0 Å². The fourth-order valence-corrected chi connectivity index (χ4v) is 1.94. The zero-order valence-electron chi connectivity index (χ0n) is 7.69. The Morgan fingerprint density at radius 1 is 1.07 bits per heavy atom. The largest absolute Gasteiger partial charge is 0.372 e. The summed E-state index contributed by atoms with van der Waals surface area (Å²) >= 11 is 11.8. The predicted octanol–water partition coefficient (Wildman–Crippen LogP) is 2.12. The topological polar surface area (TPSA) is 45.0 Å². The quantitative estimate of drug-likeness (QED) is 0.806. The second kappa shape index (κ2) is 3.93. The van der Waals surface area contributed by atoms with Crippen molar-refractivity contribution in [1.82, 2.24) is 0 Å². The molecule has 0 saturated heterocycles. The van der Waals surface area contributed by atoms with Crippen molar-refractivity contribution in [2.45, 2.75) is 5.60 Å². The van der Waals surface area contributed by atoms with Crippen molar-refractivity contribution >= 4 is 33.5 Å². The number of nitrogens with zero attached hydrogens (tertiary/aromatic N) is 2.